The van der Waals surface area contributed by atoms with E-state index in [-0.39, 0.29) is 0 Å². The lowest BCUT2D eigenvalue weighted by Crippen LogP contribution is -2.12. The van der Waals surface area contributed by atoms with Crippen molar-refractivity contribution in [2.75, 3.05) is 12.3 Å². The van der Waals surface area contributed by atoms with Crippen LogP contribution in [0, 0.1) is 5.92 Å². The van der Waals surface area contributed by atoms with Crippen molar-refractivity contribution in [3.05, 3.63) is 28.7 Å². The van der Waals surface area contributed by atoms with Gasteiger partial charge < -0.3 is 5.73 Å². The first-order valence-electron chi connectivity index (χ1n) is 4.31. The maximum absolute atomic E-state index is 5.54. The van der Waals surface area contributed by atoms with E-state index in [1.54, 1.807) is 0 Å². The number of hydrogen-bond acceptors (Lipinski definition) is 2. The molecule has 13 heavy (non-hydrogen) atoms. The Labute approximate surface area is 92.2 Å². The number of nitrogens with two attached hydrogens (primary N) is 1. The van der Waals surface area contributed by atoms with E-state index in [0.29, 0.717) is 5.92 Å². The molecule has 0 spiro atoms. The Bertz CT molecular complexity index is 248. The number of thioether (sulfide) groups is 1. The zero-order chi connectivity index (χ0) is 9.68. The van der Waals surface area contributed by atoms with Crippen LogP contribution in [0.2, 0.25) is 0 Å². The summed E-state index contributed by atoms with van der Waals surface area (Å²) in [6.45, 7) is 2.94. The summed E-state index contributed by atoms with van der Waals surface area (Å²) in [6, 6.07) is 8.38. The van der Waals surface area contributed by atoms with Gasteiger partial charge in [0.15, 0.2) is 0 Å². The molecule has 1 aromatic rings. The Morgan fingerprint density at radius 1 is 1.38 bits per heavy atom. The molecule has 1 unspecified atom stereocenters. The van der Waals surface area contributed by atoms with Crippen molar-refractivity contribution in [1.82, 2.24) is 0 Å². The lowest BCUT2D eigenvalue weighted by molar-refractivity contribution is 0.675. The third kappa shape index (κ3) is 4.16. The highest BCUT2D eigenvalue weighted by Crippen LogP contribution is 2.22. The fourth-order valence-electron chi connectivity index (χ4n) is 0.837. The minimum absolute atomic E-state index is 0.591. The summed E-state index contributed by atoms with van der Waals surface area (Å²) in [4.78, 5) is 1.31. The average Bonchev–Trinajstić information content (AvgIpc) is 2.16. The van der Waals surface area contributed by atoms with Gasteiger partial charge in [0, 0.05) is 15.1 Å². The molecule has 0 aliphatic heterocycles. The molecule has 2 N–H and O–H groups in total. The van der Waals surface area contributed by atoms with E-state index in [9.17, 15) is 0 Å². The molecular formula is C10H14BrNS. The first-order valence-corrected chi connectivity index (χ1v) is 6.08. The van der Waals surface area contributed by atoms with Gasteiger partial charge in [-0.25, -0.2) is 0 Å². The number of hydrogen-bond donors (Lipinski definition) is 1. The van der Waals surface area contributed by atoms with Crippen molar-refractivity contribution >= 4 is 27.7 Å². The molecule has 0 radical (unpaired) electrons. The van der Waals surface area contributed by atoms with Crippen LogP contribution in [0.1, 0.15) is 6.92 Å². The van der Waals surface area contributed by atoms with Crippen LogP contribution in [0.25, 0.3) is 0 Å². The number of halogens is 1. The van der Waals surface area contributed by atoms with Crippen LogP contribution in [-0.2, 0) is 0 Å². The van der Waals surface area contributed by atoms with Crippen LogP contribution >= 0.6 is 27.7 Å². The summed E-state index contributed by atoms with van der Waals surface area (Å²) in [5.74, 6) is 1.69. The van der Waals surface area contributed by atoms with E-state index in [1.807, 2.05) is 11.8 Å². The first kappa shape index (κ1) is 11.1. The zero-order valence-electron chi connectivity index (χ0n) is 7.66. The van der Waals surface area contributed by atoms with Gasteiger partial charge in [-0.15, -0.1) is 11.8 Å². The molecule has 0 aliphatic rings. The fourth-order valence-corrected chi connectivity index (χ4v) is 2.04. The quantitative estimate of drug-likeness (QED) is 0.842. The second-order valence-electron chi connectivity index (χ2n) is 3.11. The Hall–Kier alpha value is 0.01000. The van der Waals surface area contributed by atoms with Crippen molar-refractivity contribution in [2.24, 2.45) is 11.7 Å². The highest BCUT2D eigenvalue weighted by atomic mass is 79.9. The van der Waals surface area contributed by atoms with Gasteiger partial charge in [0.2, 0.25) is 0 Å². The van der Waals surface area contributed by atoms with Crippen LogP contribution in [-0.4, -0.2) is 12.3 Å². The highest BCUT2D eigenvalue weighted by Gasteiger charge is 2.00. The number of benzene rings is 1. The van der Waals surface area contributed by atoms with Gasteiger partial charge >= 0.3 is 0 Å². The lowest BCUT2D eigenvalue weighted by atomic mass is 10.2. The fraction of sp³-hybridized carbons (Fsp3) is 0.400. The zero-order valence-corrected chi connectivity index (χ0v) is 10.1. The topological polar surface area (TPSA) is 26.0 Å². The van der Waals surface area contributed by atoms with E-state index >= 15 is 0 Å². The molecular weight excluding hydrogens is 246 g/mol. The summed E-state index contributed by atoms with van der Waals surface area (Å²) in [5.41, 5.74) is 5.54. The molecule has 0 heterocycles. The second kappa shape index (κ2) is 5.68. The molecule has 72 valence electrons. The van der Waals surface area contributed by atoms with Crippen molar-refractivity contribution in [2.45, 2.75) is 11.8 Å². The molecule has 3 heteroatoms. The smallest absolute Gasteiger partial charge is 0.0176 e. The summed E-state index contributed by atoms with van der Waals surface area (Å²) >= 11 is 5.27. The van der Waals surface area contributed by atoms with E-state index in [2.05, 4.69) is 47.1 Å². The molecule has 1 nitrogen and oxygen atoms in total. The molecule has 1 atom stereocenters. The van der Waals surface area contributed by atoms with Gasteiger partial charge in [0.1, 0.15) is 0 Å². The van der Waals surface area contributed by atoms with Crippen LogP contribution in [0.5, 0.6) is 0 Å². The highest BCUT2D eigenvalue weighted by molar-refractivity contribution is 9.10. The Balaban J connectivity index is 2.41. The molecule has 0 bridgehead atoms. The summed E-state index contributed by atoms with van der Waals surface area (Å²) in [5, 5.41) is 0. The van der Waals surface area contributed by atoms with Gasteiger partial charge in [-0.2, -0.15) is 0 Å². The molecule has 1 aromatic carbocycles. The maximum atomic E-state index is 5.54. The maximum Gasteiger partial charge on any atom is 0.0176 e. The average molecular weight is 260 g/mol. The van der Waals surface area contributed by atoms with Crippen molar-refractivity contribution in [3.63, 3.8) is 0 Å². The minimum atomic E-state index is 0.591. The van der Waals surface area contributed by atoms with Crippen LogP contribution in [0.4, 0.5) is 0 Å². The molecule has 0 aromatic heterocycles. The molecule has 0 aliphatic carbocycles. The third-order valence-corrected chi connectivity index (χ3v) is 3.62. The van der Waals surface area contributed by atoms with Crippen LogP contribution in [0.15, 0.2) is 33.6 Å². The summed E-state index contributed by atoms with van der Waals surface area (Å²) < 4.78 is 1.13. The standard InChI is InChI=1S/C10H14BrNS/c1-8(6-12)7-13-10-4-2-9(11)3-5-10/h2-5,8H,6-7,12H2,1H3. The second-order valence-corrected chi connectivity index (χ2v) is 5.11. The Morgan fingerprint density at radius 2 is 2.00 bits per heavy atom. The summed E-state index contributed by atoms with van der Waals surface area (Å²) in [7, 11) is 0. The lowest BCUT2D eigenvalue weighted by Gasteiger charge is -2.07. The van der Waals surface area contributed by atoms with Gasteiger partial charge in [0.05, 0.1) is 0 Å². The largest absolute Gasteiger partial charge is 0.330 e. The Kier molecular flexibility index (Phi) is 4.84. The normalized spacial score (nSPS) is 12.8. The molecule has 0 fully saturated rings. The molecule has 0 saturated heterocycles. The van der Waals surface area contributed by atoms with Crippen molar-refractivity contribution in [1.29, 1.82) is 0 Å². The van der Waals surface area contributed by atoms with E-state index in [4.69, 9.17) is 5.73 Å². The third-order valence-electron chi connectivity index (χ3n) is 1.75. The minimum Gasteiger partial charge on any atom is -0.330 e. The predicted octanol–water partition coefficient (Wildman–Crippen LogP) is 3.14. The van der Waals surface area contributed by atoms with E-state index in [1.165, 1.54) is 4.90 Å². The number of rotatable bonds is 4. The Morgan fingerprint density at radius 3 is 2.54 bits per heavy atom. The van der Waals surface area contributed by atoms with Gasteiger partial charge in [0.25, 0.3) is 0 Å². The van der Waals surface area contributed by atoms with Gasteiger partial charge in [-0.1, -0.05) is 22.9 Å². The first-order chi connectivity index (χ1) is 6.22. The van der Waals surface area contributed by atoms with Crippen LogP contribution < -0.4 is 5.73 Å². The van der Waals surface area contributed by atoms with Crippen molar-refractivity contribution in [3.8, 4) is 0 Å². The van der Waals surface area contributed by atoms with E-state index < -0.39 is 0 Å². The van der Waals surface area contributed by atoms with Crippen molar-refractivity contribution < 1.29 is 0 Å². The molecule has 0 amide bonds. The van der Waals surface area contributed by atoms with Gasteiger partial charge in [-0.3, -0.25) is 0 Å². The predicted molar refractivity (Wildman–Crippen MR) is 63.1 cm³/mol. The molecule has 1 rings (SSSR count). The van der Waals surface area contributed by atoms with Crippen LogP contribution in [0.3, 0.4) is 0 Å². The van der Waals surface area contributed by atoms with Gasteiger partial charge in [-0.05, 0) is 36.7 Å². The molecule has 0 saturated carbocycles. The summed E-state index contributed by atoms with van der Waals surface area (Å²) in [6.07, 6.45) is 0. The van der Waals surface area contributed by atoms with E-state index in [0.717, 1.165) is 16.8 Å². The monoisotopic (exact) mass is 259 g/mol. The SMILES string of the molecule is CC(CN)CSc1ccc(Br)cc1.